The number of H-pyrrole nitrogens is 1. The number of benzene rings is 3. The Labute approximate surface area is 366 Å². The number of anilines is 1. The zero-order valence-corrected chi connectivity index (χ0v) is 36.2. The Balaban J connectivity index is 0.926. The fraction of sp³-hybridized carbons (Fsp3) is 0.404. The maximum Gasteiger partial charge on any atom is 0.273 e. The molecule has 0 radical (unpaired) electrons. The van der Waals surface area contributed by atoms with Crippen LogP contribution in [0.2, 0.25) is 5.02 Å². The van der Waals surface area contributed by atoms with Crippen molar-refractivity contribution in [2.45, 2.75) is 69.1 Å². The summed E-state index contributed by atoms with van der Waals surface area (Å²) >= 11 is 6.28. The van der Waals surface area contributed by atoms with Gasteiger partial charge in [-0.05, 0) is 123 Å². The normalized spacial score (nSPS) is 19.4. The Hall–Kier alpha value is -5.28. The molecule has 1 amide bonds. The molecule has 5 aromatic rings. The van der Waals surface area contributed by atoms with E-state index in [-0.39, 0.29) is 27.8 Å². The molecule has 3 aromatic carbocycles. The third-order valence-corrected chi connectivity index (χ3v) is 15.0. The van der Waals surface area contributed by atoms with Gasteiger partial charge in [0.05, 0.1) is 21.6 Å². The molecule has 1 spiro atoms. The second-order valence-corrected chi connectivity index (χ2v) is 19.5. The summed E-state index contributed by atoms with van der Waals surface area (Å²) in [6.07, 6.45) is 13.8. The van der Waals surface area contributed by atoms with Gasteiger partial charge in [0.15, 0.2) is 0 Å². The van der Waals surface area contributed by atoms with Gasteiger partial charge in [0.25, 0.3) is 21.6 Å². The summed E-state index contributed by atoms with van der Waals surface area (Å²) in [6, 6.07) is 20.9. The highest BCUT2D eigenvalue weighted by molar-refractivity contribution is 7.90. The number of sulfonamides is 1. The summed E-state index contributed by atoms with van der Waals surface area (Å²) in [4.78, 5) is 37.4. The van der Waals surface area contributed by atoms with Crippen molar-refractivity contribution in [3.05, 3.63) is 123 Å². The molecule has 62 heavy (non-hydrogen) atoms. The summed E-state index contributed by atoms with van der Waals surface area (Å²) in [7, 11) is -4.53. The molecule has 3 fully saturated rings. The lowest BCUT2D eigenvalue weighted by molar-refractivity contribution is -0.385. The molecular formula is C47H51ClN6O7S. The van der Waals surface area contributed by atoms with E-state index in [9.17, 15) is 23.3 Å². The number of ether oxygens (including phenoxy) is 2. The van der Waals surface area contributed by atoms with E-state index >= 15 is 0 Å². The molecule has 2 aromatic heterocycles. The minimum Gasteiger partial charge on any atom is -0.455 e. The molecule has 2 saturated heterocycles. The van der Waals surface area contributed by atoms with Crippen LogP contribution in [-0.2, 0) is 21.2 Å². The van der Waals surface area contributed by atoms with Crippen molar-refractivity contribution < 1.29 is 27.6 Å². The Morgan fingerprint density at radius 3 is 2.58 bits per heavy atom. The molecule has 2 N–H and O–H groups in total. The van der Waals surface area contributed by atoms with Gasteiger partial charge >= 0.3 is 0 Å². The average molecular weight is 879 g/mol. The largest absolute Gasteiger partial charge is 0.455 e. The summed E-state index contributed by atoms with van der Waals surface area (Å²) in [5, 5.41) is 13.7. The second-order valence-electron chi connectivity index (χ2n) is 17.4. The highest BCUT2D eigenvalue weighted by atomic mass is 35.5. The lowest BCUT2D eigenvalue weighted by Gasteiger charge is -2.47. The van der Waals surface area contributed by atoms with Crippen molar-refractivity contribution in [1.29, 1.82) is 0 Å². The van der Waals surface area contributed by atoms with Crippen LogP contribution in [0.5, 0.6) is 11.5 Å². The summed E-state index contributed by atoms with van der Waals surface area (Å²) in [5.74, 6) is -0.134. The van der Waals surface area contributed by atoms with Gasteiger partial charge in [-0.2, -0.15) is 0 Å². The first-order valence-corrected chi connectivity index (χ1v) is 23.5. The zero-order chi connectivity index (χ0) is 42.8. The Morgan fingerprint density at radius 2 is 1.84 bits per heavy atom. The van der Waals surface area contributed by atoms with Gasteiger partial charge in [0.2, 0.25) is 0 Å². The monoisotopic (exact) mass is 878 g/mol. The van der Waals surface area contributed by atoms with E-state index in [1.54, 1.807) is 30.5 Å². The number of fused-ring (bicyclic) bond motifs is 1. The molecule has 4 heterocycles. The van der Waals surface area contributed by atoms with Crippen molar-refractivity contribution in [1.82, 2.24) is 19.6 Å². The van der Waals surface area contributed by atoms with E-state index in [4.69, 9.17) is 21.1 Å². The SMILES string of the molecule is O=C(NS(=O)(=O)c1ccc(CCC2CCCOC2)c([N+](=O)[O-])c1)c1ccc(N2CCN(CC3=C(c4ccc(Cl)cc4)CC4(CCC4)CC3)CC2)cc1Oc1cnc2[nH]ccc2c1. The van der Waals surface area contributed by atoms with Crippen LogP contribution in [0.3, 0.4) is 0 Å². The first-order valence-electron chi connectivity index (χ1n) is 21.6. The number of nitro groups is 1. The molecule has 1 unspecified atom stereocenters. The fourth-order valence-corrected chi connectivity index (χ4v) is 10.7. The number of pyridine rings is 1. The first kappa shape index (κ1) is 42.0. The van der Waals surface area contributed by atoms with Crippen LogP contribution >= 0.6 is 11.6 Å². The van der Waals surface area contributed by atoms with Crippen molar-refractivity contribution in [2.24, 2.45) is 11.3 Å². The van der Waals surface area contributed by atoms with Crippen molar-refractivity contribution in [3.63, 3.8) is 0 Å². The smallest absolute Gasteiger partial charge is 0.273 e. The number of hydrogen-bond acceptors (Lipinski definition) is 10. The highest BCUT2D eigenvalue weighted by Gasteiger charge is 2.41. The van der Waals surface area contributed by atoms with E-state index in [0.717, 1.165) is 87.2 Å². The predicted molar refractivity (Wildman–Crippen MR) is 239 cm³/mol. The minimum absolute atomic E-state index is 0.0193. The van der Waals surface area contributed by atoms with Gasteiger partial charge in [-0.3, -0.25) is 19.8 Å². The number of nitro benzene ring substituents is 1. The van der Waals surface area contributed by atoms with E-state index in [0.29, 0.717) is 41.8 Å². The van der Waals surface area contributed by atoms with Crippen LogP contribution in [0.1, 0.15) is 79.3 Å². The van der Waals surface area contributed by atoms with E-state index in [2.05, 4.69) is 36.6 Å². The van der Waals surface area contributed by atoms with Crippen LogP contribution in [0.4, 0.5) is 11.4 Å². The number of aromatic nitrogens is 2. The lowest BCUT2D eigenvalue weighted by atomic mass is 9.59. The molecule has 15 heteroatoms. The molecule has 4 aliphatic rings. The molecule has 1 atom stereocenters. The predicted octanol–water partition coefficient (Wildman–Crippen LogP) is 9.32. The standard InChI is InChI=1S/C47H51ClN6O7S/c48-37-9-6-33(7-10-37)42-28-47(16-2-17-47)18-14-36(42)30-52-20-22-53(23-21-52)38-11-13-41(44(26-38)61-39-25-35-15-19-49-45(35)50-29-39)46(55)51-62(58,59)40-12-8-34(43(27-40)54(56)57)5-4-32-3-1-24-60-31-32/h6-13,15,19,25-27,29,32H,1-5,14,16-18,20-24,28,30-31H2,(H,49,50)(H,51,55). The zero-order valence-electron chi connectivity index (χ0n) is 34.6. The number of nitrogens with zero attached hydrogens (tertiary/aromatic N) is 4. The van der Waals surface area contributed by atoms with Crippen LogP contribution < -0.4 is 14.4 Å². The van der Waals surface area contributed by atoms with Crippen LogP contribution in [0.15, 0.2) is 95.7 Å². The fourth-order valence-electron chi connectivity index (χ4n) is 9.63. The quantitative estimate of drug-likeness (QED) is 0.0862. The number of nitrogens with one attached hydrogen (secondary N) is 2. The number of piperazine rings is 1. The van der Waals surface area contributed by atoms with E-state index in [1.165, 1.54) is 60.7 Å². The first-order chi connectivity index (χ1) is 30.0. The van der Waals surface area contributed by atoms with E-state index in [1.807, 2.05) is 18.2 Å². The lowest BCUT2D eigenvalue weighted by Crippen LogP contribution is -2.47. The van der Waals surface area contributed by atoms with Gasteiger partial charge in [-0.1, -0.05) is 41.8 Å². The summed E-state index contributed by atoms with van der Waals surface area (Å²) in [6.45, 7) is 5.41. The Kier molecular flexibility index (Phi) is 12.1. The highest BCUT2D eigenvalue weighted by Crippen LogP contribution is 2.55. The van der Waals surface area contributed by atoms with Gasteiger partial charge in [0, 0.05) is 85.9 Å². The molecule has 0 bridgehead atoms. The molecule has 13 nitrogen and oxygen atoms in total. The maximum atomic E-state index is 13.9. The van der Waals surface area contributed by atoms with Gasteiger partial charge < -0.3 is 19.4 Å². The second kappa shape index (κ2) is 17.8. The number of hydrogen-bond donors (Lipinski definition) is 2. The number of carbonyl (C=O) groups is 1. The number of carbonyl (C=O) groups excluding carboxylic acids is 1. The number of halogens is 1. The molecule has 2 aliphatic heterocycles. The van der Waals surface area contributed by atoms with Crippen LogP contribution in [0.25, 0.3) is 16.6 Å². The number of aryl methyl sites for hydroxylation is 1. The molecular weight excluding hydrogens is 828 g/mol. The molecule has 9 rings (SSSR count). The van der Waals surface area contributed by atoms with Gasteiger partial charge in [0.1, 0.15) is 17.1 Å². The maximum absolute atomic E-state index is 13.9. The molecule has 1 saturated carbocycles. The van der Waals surface area contributed by atoms with Gasteiger partial charge in [-0.15, -0.1) is 0 Å². The average Bonchev–Trinajstić information content (AvgIpc) is 3.74. The Bertz CT molecular complexity index is 2610. The van der Waals surface area contributed by atoms with E-state index < -0.39 is 20.9 Å². The topological polar surface area (TPSA) is 160 Å². The summed E-state index contributed by atoms with van der Waals surface area (Å²) < 4.78 is 41.4. The van der Waals surface area contributed by atoms with Crippen LogP contribution in [0, 0.1) is 21.4 Å². The van der Waals surface area contributed by atoms with Crippen molar-refractivity contribution >= 4 is 55.5 Å². The van der Waals surface area contributed by atoms with Crippen LogP contribution in [-0.4, -0.2) is 80.1 Å². The number of allylic oxidation sites excluding steroid dienone is 1. The third kappa shape index (κ3) is 9.24. The third-order valence-electron chi connectivity index (χ3n) is 13.4. The van der Waals surface area contributed by atoms with Gasteiger partial charge in [-0.25, -0.2) is 18.1 Å². The van der Waals surface area contributed by atoms with Crippen molar-refractivity contribution in [3.8, 4) is 11.5 Å². The minimum atomic E-state index is -4.53. The number of aromatic amines is 1. The number of rotatable bonds is 13. The molecule has 324 valence electrons. The summed E-state index contributed by atoms with van der Waals surface area (Å²) in [5.41, 5.74) is 6.33. The van der Waals surface area contributed by atoms with Crippen molar-refractivity contribution in [2.75, 3.05) is 50.8 Å². The molecule has 2 aliphatic carbocycles. The Morgan fingerprint density at radius 1 is 1.02 bits per heavy atom. The number of amides is 1.